The SMILES string of the molecule is CCCCS(=O)(=O)CC[Se][Se]CCS(=O)(=O)CCCC. The Balaban J connectivity index is 3.67. The molecule has 0 heterocycles. The van der Waals surface area contributed by atoms with Crippen LogP contribution in [-0.4, -0.2) is 66.1 Å². The molecule has 20 heavy (non-hydrogen) atoms. The van der Waals surface area contributed by atoms with Crippen LogP contribution in [0.25, 0.3) is 0 Å². The molecule has 0 rings (SSSR count). The van der Waals surface area contributed by atoms with Gasteiger partial charge in [-0.1, -0.05) is 0 Å². The van der Waals surface area contributed by atoms with Crippen molar-refractivity contribution < 1.29 is 16.8 Å². The zero-order valence-electron chi connectivity index (χ0n) is 12.3. The number of rotatable bonds is 13. The summed E-state index contributed by atoms with van der Waals surface area (Å²) in [6, 6.07) is 0. The van der Waals surface area contributed by atoms with Crippen LogP contribution >= 0.6 is 0 Å². The van der Waals surface area contributed by atoms with Gasteiger partial charge in [0.1, 0.15) is 0 Å². The van der Waals surface area contributed by atoms with E-state index in [9.17, 15) is 16.8 Å². The normalized spacial score (nSPS) is 12.7. The van der Waals surface area contributed by atoms with Crippen LogP contribution in [0.5, 0.6) is 0 Å². The van der Waals surface area contributed by atoms with Gasteiger partial charge < -0.3 is 0 Å². The van der Waals surface area contributed by atoms with Gasteiger partial charge in [-0.3, -0.25) is 0 Å². The van der Waals surface area contributed by atoms with E-state index in [1.54, 1.807) is 0 Å². The van der Waals surface area contributed by atoms with Crippen LogP contribution in [0, 0.1) is 0 Å². The van der Waals surface area contributed by atoms with Gasteiger partial charge in [-0.2, -0.15) is 0 Å². The molecule has 0 radical (unpaired) electrons. The molecule has 122 valence electrons. The predicted octanol–water partition coefficient (Wildman–Crippen LogP) is 1.58. The predicted molar refractivity (Wildman–Crippen MR) is 88.2 cm³/mol. The molecule has 0 saturated heterocycles. The summed E-state index contributed by atoms with van der Waals surface area (Å²) in [4.78, 5) is 0. The Labute approximate surface area is 135 Å². The van der Waals surface area contributed by atoms with E-state index < -0.39 is 19.7 Å². The molecule has 0 unspecified atom stereocenters. The molecule has 0 atom stereocenters. The molecule has 0 spiro atoms. The zero-order valence-corrected chi connectivity index (χ0v) is 17.4. The molecule has 0 bridgehead atoms. The van der Waals surface area contributed by atoms with Crippen molar-refractivity contribution >= 4 is 45.9 Å². The quantitative estimate of drug-likeness (QED) is 0.312. The van der Waals surface area contributed by atoms with Crippen molar-refractivity contribution in [1.82, 2.24) is 0 Å². The maximum atomic E-state index is 11.6. The summed E-state index contributed by atoms with van der Waals surface area (Å²) in [5.74, 6) is 1.19. The van der Waals surface area contributed by atoms with Crippen LogP contribution in [0.2, 0.25) is 10.6 Å². The Morgan fingerprint density at radius 2 is 1.00 bits per heavy atom. The van der Waals surface area contributed by atoms with E-state index in [4.69, 9.17) is 0 Å². The fourth-order valence-corrected chi connectivity index (χ4v) is 15.4. The van der Waals surface area contributed by atoms with Gasteiger partial charge in [0.25, 0.3) is 0 Å². The van der Waals surface area contributed by atoms with Crippen molar-refractivity contribution in [2.75, 3.05) is 23.0 Å². The zero-order chi connectivity index (χ0) is 15.5. The molecular formula is C12H26O4S2Se2. The summed E-state index contributed by atoms with van der Waals surface area (Å²) >= 11 is 0.624. The van der Waals surface area contributed by atoms with E-state index in [-0.39, 0.29) is 11.5 Å². The van der Waals surface area contributed by atoms with Gasteiger partial charge >= 0.3 is 136 Å². The molecule has 0 saturated carbocycles. The first-order chi connectivity index (χ1) is 9.33. The number of sulfone groups is 2. The Morgan fingerprint density at radius 1 is 0.650 bits per heavy atom. The van der Waals surface area contributed by atoms with Crippen LogP contribution in [0.1, 0.15) is 39.5 Å². The second-order valence-electron chi connectivity index (χ2n) is 4.65. The van der Waals surface area contributed by atoms with Crippen molar-refractivity contribution in [3.63, 3.8) is 0 Å². The van der Waals surface area contributed by atoms with Crippen molar-refractivity contribution in [2.45, 2.75) is 50.2 Å². The van der Waals surface area contributed by atoms with Gasteiger partial charge in [-0.25, -0.2) is 0 Å². The molecule has 0 aliphatic carbocycles. The second-order valence-corrected chi connectivity index (χ2v) is 17.1. The molecule has 0 aromatic carbocycles. The molecule has 0 aliphatic rings. The maximum absolute atomic E-state index is 11.6. The number of hydrogen-bond donors (Lipinski definition) is 0. The third-order valence-electron chi connectivity index (χ3n) is 2.66. The molecule has 0 N–H and O–H groups in total. The van der Waals surface area contributed by atoms with Gasteiger partial charge in [0.2, 0.25) is 0 Å². The molecular weight excluding hydrogens is 430 g/mol. The fraction of sp³-hybridized carbons (Fsp3) is 1.00. The minimum atomic E-state index is -2.86. The topological polar surface area (TPSA) is 68.3 Å². The van der Waals surface area contributed by atoms with E-state index in [0.29, 0.717) is 37.8 Å². The van der Waals surface area contributed by atoms with Crippen molar-refractivity contribution in [3.05, 3.63) is 0 Å². The van der Waals surface area contributed by atoms with Gasteiger partial charge in [0.05, 0.1) is 0 Å². The van der Waals surface area contributed by atoms with E-state index in [1.807, 2.05) is 13.8 Å². The van der Waals surface area contributed by atoms with Gasteiger partial charge in [-0.05, 0) is 0 Å². The van der Waals surface area contributed by atoms with Crippen LogP contribution in [0.3, 0.4) is 0 Å². The Morgan fingerprint density at radius 3 is 1.30 bits per heavy atom. The van der Waals surface area contributed by atoms with E-state index in [1.165, 1.54) is 0 Å². The first kappa shape index (κ1) is 20.9. The van der Waals surface area contributed by atoms with Crippen LogP contribution < -0.4 is 0 Å². The third kappa shape index (κ3) is 12.7. The average molecular weight is 456 g/mol. The van der Waals surface area contributed by atoms with Crippen LogP contribution in [0.15, 0.2) is 0 Å². The Kier molecular flexibility index (Phi) is 12.0. The number of hydrogen-bond acceptors (Lipinski definition) is 4. The average Bonchev–Trinajstić information content (AvgIpc) is 2.38. The summed E-state index contributed by atoms with van der Waals surface area (Å²) in [5.41, 5.74) is 0. The van der Waals surface area contributed by atoms with Crippen molar-refractivity contribution in [3.8, 4) is 0 Å². The van der Waals surface area contributed by atoms with E-state index >= 15 is 0 Å². The van der Waals surface area contributed by atoms with Crippen LogP contribution in [0.4, 0.5) is 0 Å². The summed E-state index contributed by atoms with van der Waals surface area (Å²) in [5, 5.41) is 1.49. The summed E-state index contributed by atoms with van der Waals surface area (Å²) in [6.45, 7) is 3.98. The molecule has 0 fully saturated rings. The van der Waals surface area contributed by atoms with Gasteiger partial charge in [-0.15, -0.1) is 0 Å². The molecule has 4 nitrogen and oxygen atoms in total. The fourth-order valence-electron chi connectivity index (χ4n) is 1.37. The Bertz CT molecular complexity index is 390. The van der Waals surface area contributed by atoms with E-state index in [0.717, 1.165) is 36.3 Å². The second kappa shape index (κ2) is 11.5. The Hall–Kier alpha value is 0.939. The monoisotopic (exact) mass is 458 g/mol. The number of unbranched alkanes of at least 4 members (excludes halogenated alkanes) is 2. The molecule has 0 aliphatic heterocycles. The van der Waals surface area contributed by atoms with Crippen LogP contribution in [-0.2, 0) is 19.7 Å². The molecule has 0 aromatic heterocycles. The first-order valence-electron chi connectivity index (χ1n) is 6.98. The minimum absolute atomic E-state index is 0.289. The summed E-state index contributed by atoms with van der Waals surface area (Å²) in [6.07, 6.45) is 3.31. The van der Waals surface area contributed by atoms with Gasteiger partial charge in [0, 0.05) is 0 Å². The third-order valence-corrected chi connectivity index (χ3v) is 14.7. The molecule has 8 heteroatoms. The van der Waals surface area contributed by atoms with Crippen molar-refractivity contribution in [1.29, 1.82) is 0 Å². The summed E-state index contributed by atoms with van der Waals surface area (Å²) in [7, 11) is -5.73. The van der Waals surface area contributed by atoms with E-state index in [2.05, 4.69) is 0 Å². The molecule has 0 amide bonds. The van der Waals surface area contributed by atoms with Crippen molar-refractivity contribution in [2.24, 2.45) is 0 Å². The first-order valence-corrected chi connectivity index (χ1v) is 17.4. The van der Waals surface area contributed by atoms with Gasteiger partial charge in [0.15, 0.2) is 0 Å². The molecule has 0 aromatic rings. The summed E-state index contributed by atoms with van der Waals surface area (Å²) < 4.78 is 46.5. The standard InChI is InChI=1S/C12H26O4S2Se2/c1-3-5-7-17(13,14)9-11-19-20-12-10-18(15,16)8-6-4-2/h3-12H2,1-2H3.